The largest absolute Gasteiger partial charge is 0.496 e. The molecule has 4 aromatic rings. The Balaban J connectivity index is 1.72. The predicted octanol–water partition coefficient (Wildman–Crippen LogP) is 7.43. The highest BCUT2D eigenvalue weighted by Crippen LogP contribution is 2.40. The van der Waals surface area contributed by atoms with Crippen molar-refractivity contribution in [1.82, 2.24) is 0 Å². The SMILES string of the molecule is COc1ccc(NC(=O)/C=C(\C)c2cc3c(-c4ccc(C)cc4)coc3c(C)c2OC)cc1Cl. The van der Waals surface area contributed by atoms with E-state index in [1.54, 1.807) is 44.8 Å². The van der Waals surface area contributed by atoms with Gasteiger partial charge >= 0.3 is 0 Å². The number of hydrogen-bond acceptors (Lipinski definition) is 4. The lowest BCUT2D eigenvalue weighted by Crippen LogP contribution is -2.09. The molecule has 0 saturated heterocycles. The molecule has 1 heterocycles. The van der Waals surface area contributed by atoms with E-state index in [0.717, 1.165) is 38.8 Å². The van der Waals surface area contributed by atoms with E-state index in [4.69, 9.17) is 25.5 Å². The number of amides is 1. The molecule has 3 aromatic carbocycles. The van der Waals surface area contributed by atoms with Gasteiger partial charge in [-0.2, -0.15) is 0 Å². The average molecular weight is 476 g/mol. The van der Waals surface area contributed by atoms with Gasteiger partial charge in [0.1, 0.15) is 17.1 Å². The Morgan fingerprint density at radius 1 is 1.03 bits per heavy atom. The number of fused-ring (bicyclic) bond motifs is 1. The molecule has 0 fully saturated rings. The number of nitrogens with one attached hydrogen (secondary N) is 1. The fourth-order valence-electron chi connectivity index (χ4n) is 4.03. The summed E-state index contributed by atoms with van der Waals surface area (Å²) in [6.45, 7) is 5.90. The molecular weight excluding hydrogens is 450 g/mol. The zero-order chi connectivity index (χ0) is 24.4. The fourth-order valence-corrected chi connectivity index (χ4v) is 4.28. The first-order chi connectivity index (χ1) is 16.3. The summed E-state index contributed by atoms with van der Waals surface area (Å²) in [6, 6.07) is 15.4. The summed E-state index contributed by atoms with van der Waals surface area (Å²) >= 11 is 6.17. The van der Waals surface area contributed by atoms with Gasteiger partial charge in [-0.1, -0.05) is 41.4 Å². The van der Waals surface area contributed by atoms with Crippen molar-refractivity contribution in [2.75, 3.05) is 19.5 Å². The fraction of sp³-hybridized carbons (Fsp3) is 0.179. The highest BCUT2D eigenvalue weighted by molar-refractivity contribution is 6.32. The molecule has 4 rings (SSSR count). The van der Waals surface area contributed by atoms with Crippen LogP contribution in [0.15, 0.2) is 65.3 Å². The minimum absolute atomic E-state index is 0.274. The van der Waals surface area contributed by atoms with Crippen molar-refractivity contribution in [3.8, 4) is 22.6 Å². The number of aryl methyl sites for hydroxylation is 2. The summed E-state index contributed by atoms with van der Waals surface area (Å²) < 4.78 is 16.8. The van der Waals surface area contributed by atoms with Crippen LogP contribution in [-0.2, 0) is 4.79 Å². The molecule has 1 aromatic heterocycles. The van der Waals surface area contributed by atoms with Gasteiger partial charge in [-0.05, 0) is 56.2 Å². The van der Waals surface area contributed by atoms with Gasteiger partial charge < -0.3 is 19.2 Å². The van der Waals surface area contributed by atoms with Crippen molar-refractivity contribution in [3.05, 3.63) is 82.6 Å². The van der Waals surface area contributed by atoms with Crippen molar-refractivity contribution < 1.29 is 18.7 Å². The minimum atomic E-state index is -0.274. The monoisotopic (exact) mass is 475 g/mol. The third kappa shape index (κ3) is 4.52. The third-order valence-electron chi connectivity index (χ3n) is 5.80. The Morgan fingerprint density at radius 3 is 2.41 bits per heavy atom. The number of hydrogen-bond donors (Lipinski definition) is 1. The standard InChI is InChI=1S/C28H26ClNO4/c1-16-6-8-19(9-7-16)23-15-34-28-18(3)27(33-5)21(14-22(23)28)17(2)12-26(31)30-20-10-11-25(32-4)24(29)13-20/h6-15H,1-5H3,(H,30,31)/b17-12+. The zero-order valence-electron chi connectivity index (χ0n) is 19.8. The summed E-state index contributed by atoms with van der Waals surface area (Å²) in [6.07, 6.45) is 3.32. The Morgan fingerprint density at radius 2 is 1.76 bits per heavy atom. The summed E-state index contributed by atoms with van der Waals surface area (Å²) in [5.74, 6) is 0.945. The Hall–Kier alpha value is -3.70. The molecule has 174 valence electrons. The first-order valence-electron chi connectivity index (χ1n) is 10.8. The number of benzene rings is 3. The van der Waals surface area contributed by atoms with Gasteiger partial charge in [0.2, 0.25) is 5.91 Å². The van der Waals surface area contributed by atoms with Gasteiger partial charge in [-0.25, -0.2) is 0 Å². The summed E-state index contributed by atoms with van der Waals surface area (Å²) in [4.78, 5) is 12.8. The van der Waals surface area contributed by atoms with Crippen LogP contribution in [0, 0.1) is 13.8 Å². The number of rotatable bonds is 6. The number of carbonyl (C=O) groups excluding carboxylic acids is 1. The predicted molar refractivity (Wildman–Crippen MR) is 138 cm³/mol. The van der Waals surface area contributed by atoms with Crippen LogP contribution < -0.4 is 14.8 Å². The highest BCUT2D eigenvalue weighted by Gasteiger charge is 2.19. The van der Waals surface area contributed by atoms with E-state index in [1.165, 1.54) is 5.56 Å². The molecule has 0 atom stereocenters. The quantitative estimate of drug-likeness (QED) is 0.294. The number of furan rings is 1. The molecule has 0 aliphatic heterocycles. The molecule has 0 saturated carbocycles. The second-order valence-electron chi connectivity index (χ2n) is 8.14. The summed E-state index contributed by atoms with van der Waals surface area (Å²) in [5.41, 5.74) is 7.06. The van der Waals surface area contributed by atoms with Crippen LogP contribution in [0.2, 0.25) is 5.02 Å². The van der Waals surface area contributed by atoms with Crippen LogP contribution in [0.5, 0.6) is 11.5 Å². The molecule has 0 unspecified atom stereocenters. The summed E-state index contributed by atoms with van der Waals surface area (Å²) in [7, 11) is 3.16. The first kappa shape index (κ1) is 23.5. The molecule has 0 bridgehead atoms. The van der Waals surface area contributed by atoms with E-state index in [9.17, 15) is 4.79 Å². The minimum Gasteiger partial charge on any atom is -0.496 e. The number of allylic oxidation sites excluding steroid dienone is 1. The van der Waals surface area contributed by atoms with Crippen LogP contribution in [0.3, 0.4) is 0 Å². The van der Waals surface area contributed by atoms with E-state index < -0.39 is 0 Å². The normalized spacial score (nSPS) is 11.5. The number of carbonyl (C=O) groups is 1. The van der Waals surface area contributed by atoms with Crippen LogP contribution in [0.25, 0.3) is 27.7 Å². The molecule has 1 amide bonds. The van der Waals surface area contributed by atoms with Gasteiger partial charge in [0, 0.05) is 33.8 Å². The van der Waals surface area contributed by atoms with Crippen LogP contribution in [-0.4, -0.2) is 20.1 Å². The van der Waals surface area contributed by atoms with E-state index in [0.29, 0.717) is 22.2 Å². The number of methoxy groups -OCH3 is 2. The number of anilines is 1. The molecule has 1 N–H and O–H groups in total. The third-order valence-corrected chi connectivity index (χ3v) is 6.10. The molecular formula is C28H26ClNO4. The van der Waals surface area contributed by atoms with E-state index in [1.807, 2.05) is 19.9 Å². The summed E-state index contributed by atoms with van der Waals surface area (Å²) in [5, 5.41) is 4.24. The van der Waals surface area contributed by atoms with Gasteiger partial charge in [0.25, 0.3) is 0 Å². The maximum absolute atomic E-state index is 12.8. The first-order valence-corrected chi connectivity index (χ1v) is 11.2. The van der Waals surface area contributed by atoms with Crippen molar-refractivity contribution in [2.45, 2.75) is 20.8 Å². The number of halogens is 1. The Labute approximate surface area is 203 Å². The van der Waals surface area contributed by atoms with Crippen molar-refractivity contribution in [1.29, 1.82) is 0 Å². The molecule has 0 aliphatic rings. The zero-order valence-corrected chi connectivity index (χ0v) is 20.5. The molecule has 5 nitrogen and oxygen atoms in total. The average Bonchev–Trinajstić information content (AvgIpc) is 3.24. The van der Waals surface area contributed by atoms with Crippen molar-refractivity contribution >= 4 is 39.7 Å². The van der Waals surface area contributed by atoms with Crippen molar-refractivity contribution in [3.63, 3.8) is 0 Å². The van der Waals surface area contributed by atoms with Gasteiger partial charge in [0.15, 0.2) is 0 Å². The van der Waals surface area contributed by atoms with E-state index in [-0.39, 0.29) is 5.91 Å². The molecule has 0 aliphatic carbocycles. The van der Waals surface area contributed by atoms with E-state index >= 15 is 0 Å². The van der Waals surface area contributed by atoms with Crippen LogP contribution >= 0.6 is 11.6 Å². The topological polar surface area (TPSA) is 60.7 Å². The lowest BCUT2D eigenvalue weighted by molar-refractivity contribution is -0.111. The molecule has 0 radical (unpaired) electrons. The lowest BCUT2D eigenvalue weighted by atomic mass is 9.96. The molecule has 6 heteroatoms. The van der Waals surface area contributed by atoms with Crippen LogP contribution in [0.4, 0.5) is 5.69 Å². The smallest absolute Gasteiger partial charge is 0.248 e. The van der Waals surface area contributed by atoms with Gasteiger partial charge in [-0.15, -0.1) is 0 Å². The van der Waals surface area contributed by atoms with Gasteiger partial charge in [0.05, 0.1) is 25.5 Å². The lowest BCUT2D eigenvalue weighted by Gasteiger charge is -2.13. The Kier molecular flexibility index (Phi) is 6.66. The Bertz CT molecular complexity index is 1400. The number of ether oxygens (including phenoxy) is 2. The maximum Gasteiger partial charge on any atom is 0.248 e. The van der Waals surface area contributed by atoms with Gasteiger partial charge in [-0.3, -0.25) is 4.79 Å². The van der Waals surface area contributed by atoms with E-state index in [2.05, 4.69) is 36.5 Å². The highest BCUT2D eigenvalue weighted by atomic mass is 35.5. The second-order valence-corrected chi connectivity index (χ2v) is 8.55. The molecule has 34 heavy (non-hydrogen) atoms. The van der Waals surface area contributed by atoms with Crippen molar-refractivity contribution in [2.24, 2.45) is 0 Å². The maximum atomic E-state index is 12.8. The second kappa shape index (κ2) is 9.65. The molecule has 0 spiro atoms. The van der Waals surface area contributed by atoms with Crippen LogP contribution in [0.1, 0.15) is 23.6 Å².